The first kappa shape index (κ1) is 9.66. The zero-order valence-corrected chi connectivity index (χ0v) is 5.79. The lowest BCUT2D eigenvalue weighted by Crippen LogP contribution is -2.08. The molecule has 0 radical (unpaired) electrons. The second-order valence-electron chi connectivity index (χ2n) is 1.28. The number of carbonyl (C=O) groups is 2. The predicted molar refractivity (Wildman–Crippen MR) is 36.1 cm³/mol. The molecule has 0 fully saturated rings. The molecule has 0 rings (SSSR count). The van der Waals surface area contributed by atoms with Crippen molar-refractivity contribution in [2.75, 3.05) is 0 Å². The average Bonchev–Trinajstić information content (AvgIpc) is 2.02. The highest BCUT2D eigenvalue weighted by molar-refractivity contribution is 5.91. The minimum Gasteiger partial charge on any atom is -0.359 e. The number of hydrogen-bond acceptors (Lipinski definition) is 6. The quantitative estimate of drug-likeness (QED) is 0.184. The van der Waals surface area contributed by atoms with E-state index in [-0.39, 0.29) is 0 Å². The molecule has 0 aliphatic heterocycles. The first-order valence-electron chi connectivity index (χ1n) is 2.56. The Bertz CT molecular complexity index is 269. The van der Waals surface area contributed by atoms with Crippen molar-refractivity contribution in [1.29, 1.82) is 0 Å². The van der Waals surface area contributed by atoms with Crippen LogP contribution in [0, 0.1) is 23.9 Å². The van der Waals surface area contributed by atoms with Gasteiger partial charge in [-0.15, -0.1) is 0 Å². The van der Waals surface area contributed by atoms with Crippen LogP contribution in [0.3, 0.4) is 0 Å². The van der Waals surface area contributed by atoms with Gasteiger partial charge in [-0.3, -0.25) is 0 Å². The van der Waals surface area contributed by atoms with Crippen molar-refractivity contribution in [2.24, 2.45) is 11.5 Å². The van der Waals surface area contributed by atoms with E-state index in [2.05, 4.69) is 21.2 Å². The Morgan fingerprint density at radius 2 is 1.25 bits per heavy atom. The van der Waals surface area contributed by atoms with Gasteiger partial charge in [0.2, 0.25) is 0 Å². The van der Waals surface area contributed by atoms with Crippen LogP contribution in [0.15, 0.2) is 0 Å². The summed E-state index contributed by atoms with van der Waals surface area (Å²) in [5.41, 5.74) is 9.29. The monoisotopic (exact) mass is 168 g/mol. The highest BCUT2D eigenvalue weighted by Gasteiger charge is 2.02. The lowest BCUT2D eigenvalue weighted by Gasteiger charge is -1.91. The van der Waals surface area contributed by atoms with Crippen molar-refractivity contribution < 1.29 is 19.4 Å². The fourth-order valence-corrected chi connectivity index (χ4v) is 0.235. The van der Waals surface area contributed by atoms with Crippen molar-refractivity contribution in [3.8, 4) is 23.9 Å². The Hall–Kier alpha value is -2.34. The van der Waals surface area contributed by atoms with Crippen LogP contribution in [0.4, 0.5) is 0 Å². The molecule has 0 aliphatic rings. The van der Waals surface area contributed by atoms with E-state index in [0.29, 0.717) is 0 Å². The third-order valence-electron chi connectivity index (χ3n) is 0.542. The summed E-state index contributed by atoms with van der Waals surface area (Å²) in [6, 6.07) is 3.49. The molecule has 6 nitrogen and oxygen atoms in total. The minimum absolute atomic E-state index is 1.09. The van der Waals surface area contributed by atoms with Crippen LogP contribution in [-0.2, 0) is 19.4 Å². The molecule has 6 heteroatoms. The molecule has 0 spiro atoms. The fraction of sp³-hybridized carbons (Fsp3) is 0. The summed E-state index contributed by atoms with van der Waals surface area (Å²) >= 11 is 0. The van der Waals surface area contributed by atoms with Gasteiger partial charge in [0, 0.05) is 23.9 Å². The Morgan fingerprint density at radius 3 is 1.50 bits per heavy atom. The molecule has 0 amide bonds. The predicted octanol–water partition coefficient (Wildman–Crippen LogP) is -2.17. The zero-order chi connectivity index (χ0) is 9.40. The van der Waals surface area contributed by atoms with Crippen LogP contribution >= 0.6 is 0 Å². The maximum absolute atomic E-state index is 10.3. The second kappa shape index (κ2) is 5.45. The zero-order valence-electron chi connectivity index (χ0n) is 5.79. The van der Waals surface area contributed by atoms with Gasteiger partial charge in [-0.25, -0.2) is 19.4 Å². The van der Waals surface area contributed by atoms with Gasteiger partial charge in [-0.05, 0) is 0 Å². The molecule has 0 aliphatic carbocycles. The Balaban J connectivity index is 3.79. The van der Waals surface area contributed by atoms with Gasteiger partial charge in [-0.2, -0.15) is 0 Å². The first-order valence-corrected chi connectivity index (χ1v) is 2.56. The lowest BCUT2D eigenvalue weighted by atomic mass is 10.7. The highest BCUT2D eigenvalue weighted by atomic mass is 17.2. The normalized spacial score (nSPS) is 6.33. The van der Waals surface area contributed by atoms with E-state index in [1.54, 1.807) is 23.9 Å². The molecule has 0 saturated carbocycles. The standard InChI is InChI=1S/C6H4N2O4/c7-3-1-5(9)11-12-6(10)2-4-8/h7-8H2. The van der Waals surface area contributed by atoms with E-state index in [0.717, 1.165) is 0 Å². The number of carbonyl (C=O) groups excluding carboxylic acids is 2. The van der Waals surface area contributed by atoms with Gasteiger partial charge in [0.1, 0.15) is 0 Å². The molecule has 0 aromatic heterocycles. The maximum atomic E-state index is 10.3. The summed E-state index contributed by atoms with van der Waals surface area (Å²) in [6.45, 7) is 0. The molecule has 0 bridgehead atoms. The van der Waals surface area contributed by atoms with Crippen molar-refractivity contribution in [3.63, 3.8) is 0 Å². The van der Waals surface area contributed by atoms with E-state index in [1.807, 2.05) is 0 Å². The molecule has 0 heterocycles. The van der Waals surface area contributed by atoms with E-state index < -0.39 is 11.9 Å². The van der Waals surface area contributed by atoms with Crippen molar-refractivity contribution in [1.82, 2.24) is 0 Å². The molecule has 0 aromatic carbocycles. The van der Waals surface area contributed by atoms with Crippen LogP contribution in [0.25, 0.3) is 0 Å². The van der Waals surface area contributed by atoms with Crippen LogP contribution in [0.5, 0.6) is 0 Å². The van der Waals surface area contributed by atoms with E-state index in [1.165, 1.54) is 0 Å². The third kappa shape index (κ3) is 4.53. The molecular weight excluding hydrogens is 164 g/mol. The molecule has 0 unspecified atom stereocenters. The molecule has 0 atom stereocenters. The summed E-state index contributed by atoms with van der Waals surface area (Å²) < 4.78 is 0. The average molecular weight is 168 g/mol. The fourth-order valence-electron chi connectivity index (χ4n) is 0.235. The maximum Gasteiger partial charge on any atom is 0.431 e. The van der Waals surface area contributed by atoms with Crippen LogP contribution in [0.2, 0.25) is 0 Å². The SMILES string of the molecule is NC#CC(=O)OOC(=O)C#CN. The smallest absolute Gasteiger partial charge is 0.359 e. The summed E-state index contributed by atoms with van der Waals surface area (Å²) in [4.78, 5) is 28.2. The summed E-state index contributed by atoms with van der Waals surface area (Å²) in [5.74, 6) is 1.32. The van der Waals surface area contributed by atoms with E-state index in [4.69, 9.17) is 0 Å². The van der Waals surface area contributed by atoms with Crippen LogP contribution in [-0.4, -0.2) is 11.9 Å². The molecule has 4 N–H and O–H groups in total. The van der Waals surface area contributed by atoms with E-state index >= 15 is 0 Å². The lowest BCUT2D eigenvalue weighted by molar-refractivity contribution is -0.248. The summed E-state index contributed by atoms with van der Waals surface area (Å²) in [6.07, 6.45) is 0. The van der Waals surface area contributed by atoms with Crippen LogP contribution < -0.4 is 11.5 Å². The highest BCUT2D eigenvalue weighted by Crippen LogP contribution is 1.79. The molecule has 0 saturated heterocycles. The molecule has 62 valence electrons. The van der Waals surface area contributed by atoms with E-state index in [9.17, 15) is 9.59 Å². The minimum atomic E-state index is -1.09. The van der Waals surface area contributed by atoms with Gasteiger partial charge < -0.3 is 11.5 Å². The van der Waals surface area contributed by atoms with Gasteiger partial charge in [0.05, 0.1) is 0 Å². The second-order valence-corrected chi connectivity index (χ2v) is 1.28. The first-order chi connectivity index (χ1) is 5.70. The summed E-state index contributed by atoms with van der Waals surface area (Å²) in [7, 11) is 0. The van der Waals surface area contributed by atoms with Crippen molar-refractivity contribution >= 4 is 11.9 Å². The van der Waals surface area contributed by atoms with Crippen molar-refractivity contribution in [2.45, 2.75) is 0 Å². The van der Waals surface area contributed by atoms with Gasteiger partial charge >= 0.3 is 11.9 Å². The Morgan fingerprint density at radius 1 is 0.917 bits per heavy atom. The molecule has 12 heavy (non-hydrogen) atoms. The Labute approximate surface area is 67.7 Å². The number of rotatable bonds is 0. The largest absolute Gasteiger partial charge is 0.431 e. The number of hydrogen-bond donors (Lipinski definition) is 2. The number of nitrogens with two attached hydrogens (primary N) is 2. The molecule has 0 aromatic rings. The summed E-state index contributed by atoms with van der Waals surface area (Å²) in [5, 5.41) is 0. The Kier molecular flexibility index (Phi) is 4.38. The van der Waals surface area contributed by atoms with Crippen molar-refractivity contribution in [3.05, 3.63) is 0 Å². The van der Waals surface area contributed by atoms with Gasteiger partial charge in [0.15, 0.2) is 0 Å². The third-order valence-corrected chi connectivity index (χ3v) is 0.542. The molecular formula is C6H4N2O4. The van der Waals surface area contributed by atoms with Gasteiger partial charge in [0.25, 0.3) is 0 Å². The van der Waals surface area contributed by atoms with Gasteiger partial charge in [-0.1, -0.05) is 0 Å². The van der Waals surface area contributed by atoms with Crippen LogP contribution in [0.1, 0.15) is 0 Å². The topological polar surface area (TPSA) is 105 Å².